The smallest absolute Gasteiger partial charge is 0.0717 e. The molecule has 2 heterocycles. The molecule has 1 aromatic rings. The molecular formula is C14H21N3O. The van der Waals surface area contributed by atoms with E-state index in [1.165, 1.54) is 18.5 Å². The van der Waals surface area contributed by atoms with Crippen LogP contribution in [0.15, 0.2) is 12.3 Å². The van der Waals surface area contributed by atoms with Gasteiger partial charge >= 0.3 is 0 Å². The van der Waals surface area contributed by atoms with Gasteiger partial charge in [-0.3, -0.25) is 9.88 Å². The van der Waals surface area contributed by atoms with Crippen LogP contribution in [0, 0.1) is 6.92 Å². The van der Waals surface area contributed by atoms with Gasteiger partial charge in [0.05, 0.1) is 6.61 Å². The molecule has 98 valence electrons. The van der Waals surface area contributed by atoms with Crippen LogP contribution in [-0.4, -0.2) is 47.2 Å². The summed E-state index contributed by atoms with van der Waals surface area (Å²) in [6.45, 7) is 6.50. The summed E-state index contributed by atoms with van der Waals surface area (Å²) in [6.07, 6.45) is 4.57. The summed E-state index contributed by atoms with van der Waals surface area (Å²) < 4.78 is 0. The molecule has 4 heteroatoms. The topological polar surface area (TPSA) is 39.6 Å². The van der Waals surface area contributed by atoms with E-state index in [9.17, 15) is 5.11 Å². The Hall–Kier alpha value is -1.13. The van der Waals surface area contributed by atoms with Gasteiger partial charge in [0.2, 0.25) is 0 Å². The zero-order chi connectivity index (χ0) is 12.5. The van der Waals surface area contributed by atoms with Gasteiger partial charge in [-0.2, -0.15) is 0 Å². The molecule has 0 amide bonds. The highest BCUT2D eigenvalue weighted by atomic mass is 16.3. The zero-order valence-electron chi connectivity index (χ0n) is 11.0. The van der Waals surface area contributed by atoms with Crippen LogP contribution in [0.2, 0.25) is 0 Å². The first kappa shape index (κ1) is 11.9. The Morgan fingerprint density at radius 2 is 2.00 bits per heavy atom. The molecule has 18 heavy (non-hydrogen) atoms. The van der Waals surface area contributed by atoms with Crippen molar-refractivity contribution in [2.24, 2.45) is 0 Å². The summed E-state index contributed by atoms with van der Waals surface area (Å²) in [5.41, 5.74) is 3.13. The molecule has 1 aromatic heterocycles. The van der Waals surface area contributed by atoms with E-state index >= 15 is 0 Å². The third-order valence-corrected chi connectivity index (χ3v) is 3.99. The number of aliphatic hydroxyl groups excluding tert-OH is 1. The van der Waals surface area contributed by atoms with Crippen molar-refractivity contribution in [1.82, 2.24) is 9.88 Å². The van der Waals surface area contributed by atoms with Crippen LogP contribution in [0.5, 0.6) is 0 Å². The molecule has 0 radical (unpaired) electrons. The van der Waals surface area contributed by atoms with Crippen molar-refractivity contribution in [3.63, 3.8) is 0 Å². The Labute approximate surface area is 108 Å². The van der Waals surface area contributed by atoms with Gasteiger partial charge in [0, 0.05) is 55.4 Å². The molecule has 1 N–H and O–H groups in total. The van der Waals surface area contributed by atoms with Gasteiger partial charge in [-0.15, -0.1) is 0 Å². The van der Waals surface area contributed by atoms with Gasteiger partial charge in [-0.05, 0) is 25.8 Å². The normalized spacial score (nSPS) is 21.3. The van der Waals surface area contributed by atoms with Crippen LogP contribution in [0.3, 0.4) is 0 Å². The first-order valence-corrected chi connectivity index (χ1v) is 6.83. The molecule has 1 saturated carbocycles. The lowest BCUT2D eigenvalue weighted by Crippen LogP contribution is -2.47. The van der Waals surface area contributed by atoms with Crippen molar-refractivity contribution in [3.05, 3.63) is 23.5 Å². The number of hydrogen-bond donors (Lipinski definition) is 1. The third kappa shape index (κ3) is 2.35. The summed E-state index contributed by atoms with van der Waals surface area (Å²) in [5, 5.41) is 9.41. The number of aryl methyl sites for hydroxylation is 1. The van der Waals surface area contributed by atoms with Crippen molar-refractivity contribution < 1.29 is 5.11 Å². The van der Waals surface area contributed by atoms with E-state index in [-0.39, 0.29) is 6.61 Å². The molecule has 1 aliphatic carbocycles. The van der Waals surface area contributed by atoms with Gasteiger partial charge in [-0.25, -0.2) is 0 Å². The summed E-state index contributed by atoms with van der Waals surface area (Å²) in [6, 6.07) is 2.96. The average molecular weight is 247 g/mol. The summed E-state index contributed by atoms with van der Waals surface area (Å²) in [7, 11) is 0. The van der Waals surface area contributed by atoms with E-state index in [0.717, 1.165) is 43.5 Å². The molecule has 3 rings (SSSR count). The van der Waals surface area contributed by atoms with Crippen molar-refractivity contribution >= 4 is 5.69 Å². The lowest BCUT2D eigenvalue weighted by atomic mass is 10.1. The lowest BCUT2D eigenvalue weighted by molar-refractivity contribution is 0.246. The van der Waals surface area contributed by atoms with Crippen LogP contribution in [0.4, 0.5) is 5.69 Å². The van der Waals surface area contributed by atoms with E-state index in [1.54, 1.807) is 6.20 Å². The fourth-order valence-corrected chi connectivity index (χ4v) is 2.76. The molecule has 4 nitrogen and oxygen atoms in total. The van der Waals surface area contributed by atoms with Crippen LogP contribution in [0.25, 0.3) is 0 Å². The number of pyridine rings is 1. The van der Waals surface area contributed by atoms with Crippen molar-refractivity contribution in [2.45, 2.75) is 32.4 Å². The highest BCUT2D eigenvalue weighted by Crippen LogP contribution is 2.29. The Morgan fingerprint density at radius 3 is 2.61 bits per heavy atom. The number of piperazine rings is 1. The molecular weight excluding hydrogens is 226 g/mol. The Balaban J connectivity index is 1.72. The Bertz CT molecular complexity index is 423. The van der Waals surface area contributed by atoms with Crippen molar-refractivity contribution in [1.29, 1.82) is 0 Å². The number of nitrogens with zero attached hydrogens (tertiary/aromatic N) is 3. The van der Waals surface area contributed by atoms with Crippen LogP contribution in [-0.2, 0) is 6.61 Å². The molecule has 1 saturated heterocycles. The van der Waals surface area contributed by atoms with E-state index in [4.69, 9.17) is 0 Å². The highest BCUT2D eigenvalue weighted by molar-refractivity contribution is 5.53. The van der Waals surface area contributed by atoms with Crippen LogP contribution < -0.4 is 4.90 Å². The minimum atomic E-state index is 0.0749. The molecule has 0 bridgehead atoms. The Morgan fingerprint density at radius 1 is 1.28 bits per heavy atom. The monoisotopic (exact) mass is 247 g/mol. The summed E-state index contributed by atoms with van der Waals surface area (Å²) >= 11 is 0. The van der Waals surface area contributed by atoms with Gasteiger partial charge in [-0.1, -0.05) is 0 Å². The number of rotatable bonds is 3. The van der Waals surface area contributed by atoms with E-state index in [1.807, 2.05) is 6.92 Å². The second kappa shape index (κ2) is 4.86. The summed E-state index contributed by atoms with van der Waals surface area (Å²) in [5.74, 6) is 0. The first-order valence-electron chi connectivity index (χ1n) is 6.83. The quantitative estimate of drug-likeness (QED) is 0.870. The lowest BCUT2D eigenvalue weighted by Gasteiger charge is -2.37. The van der Waals surface area contributed by atoms with Crippen molar-refractivity contribution in [2.75, 3.05) is 31.1 Å². The van der Waals surface area contributed by atoms with Crippen LogP contribution in [0.1, 0.15) is 24.1 Å². The predicted molar refractivity (Wildman–Crippen MR) is 71.7 cm³/mol. The molecule has 2 aliphatic rings. The van der Waals surface area contributed by atoms with Gasteiger partial charge in [0.25, 0.3) is 0 Å². The molecule has 0 unspecified atom stereocenters. The van der Waals surface area contributed by atoms with E-state index in [2.05, 4.69) is 20.9 Å². The second-order valence-corrected chi connectivity index (χ2v) is 5.37. The van der Waals surface area contributed by atoms with Gasteiger partial charge in [0.15, 0.2) is 0 Å². The number of aromatic nitrogens is 1. The minimum absolute atomic E-state index is 0.0749. The van der Waals surface area contributed by atoms with Crippen LogP contribution >= 0.6 is 0 Å². The maximum atomic E-state index is 9.41. The Kier molecular flexibility index (Phi) is 3.22. The average Bonchev–Trinajstić information content (AvgIpc) is 3.23. The zero-order valence-corrected chi connectivity index (χ0v) is 11.0. The fraction of sp³-hybridized carbons (Fsp3) is 0.643. The van der Waals surface area contributed by atoms with E-state index < -0.39 is 0 Å². The first-order chi connectivity index (χ1) is 8.78. The van der Waals surface area contributed by atoms with Gasteiger partial charge < -0.3 is 10.0 Å². The third-order valence-electron chi connectivity index (χ3n) is 3.99. The molecule has 1 aliphatic heterocycles. The van der Waals surface area contributed by atoms with Crippen molar-refractivity contribution in [3.8, 4) is 0 Å². The maximum Gasteiger partial charge on any atom is 0.0717 e. The maximum absolute atomic E-state index is 9.41. The molecule has 0 aromatic carbocycles. The molecule has 0 spiro atoms. The predicted octanol–water partition coefficient (Wildman–Crippen LogP) is 1.17. The summed E-state index contributed by atoms with van der Waals surface area (Å²) in [4.78, 5) is 9.25. The minimum Gasteiger partial charge on any atom is -0.392 e. The SMILES string of the molecule is Cc1cc(N2CCN(C3CC3)CC2)c(CO)cn1. The molecule has 0 atom stereocenters. The molecule has 2 fully saturated rings. The number of aliphatic hydroxyl groups is 1. The second-order valence-electron chi connectivity index (χ2n) is 5.37. The number of anilines is 1. The van der Waals surface area contributed by atoms with Gasteiger partial charge in [0.1, 0.15) is 0 Å². The number of hydrogen-bond acceptors (Lipinski definition) is 4. The standard InChI is InChI=1S/C14H21N3O/c1-11-8-14(12(10-18)9-15-11)17-6-4-16(5-7-17)13-2-3-13/h8-9,13,18H,2-7,10H2,1H3. The fourth-order valence-electron chi connectivity index (χ4n) is 2.76. The largest absolute Gasteiger partial charge is 0.392 e. The van der Waals surface area contributed by atoms with E-state index in [0.29, 0.717) is 0 Å². The highest BCUT2D eigenvalue weighted by Gasteiger charge is 2.31.